The van der Waals surface area contributed by atoms with Crippen LogP contribution in [0.1, 0.15) is 43.9 Å². The number of fused-ring (bicyclic) bond motifs is 1. The van der Waals surface area contributed by atoms with Crippen LogP contribution in [-0.2, 0) is 17.6 Å². The van der Waals surface area contributed by atoms with Gasteiger partial charge in [-0.2, -0.15) is 0 Å². The molecule has 2 aliphatic rings. The minimum Gasteiger partial charge on any atom is -0.378 e. The van der Waals surface area contributed by atoms with E-state index in [0.29, 0.717) is 6.10 Å². The van der Waals surface area contributed by atoms with Crippen molar-refractivity contribution in [2.75, 3.05) is 18.5 Å². The molecule has 3 heteroatoms. The van der Waals surface area contributed by atoms with Gasteiger partial charge in [0.2, 0.25) is 0 Å². The van der Waals surface area contributed by atoms with E-state index in [1.54, 1.807) is 0 Å². The third kappa shape index (κ3) is 3.27. The molecule has 3 nitrogen and oxygen atoms in total. The van der Waals surface area contributed by atoms with E-state index in [4.69, 9.17) is 9.72 Å². The molecule has 19 heavy (non-hydrogen) atoms. The Kier molecular flexibility index (Phi) is 4.02. The zero-order valence-electron chi connectivity index (χ0n) is 11.8. The fourth-order valence-electron chi connectivity index (χ4n) is 2.98. The van der Waals surface area contributed by atoms with E-state index in [1.807, 2.05) is 0 Å². The zero-order valence-corrected chi connectivity index (χ0v) is 11.8. The van der Waals surface area contributed by atoms with Crippen LogP contribution in [-0.4, -0.2) is 24.2 Å². The van der Waals surface area contributed by atoms with Gasteiger partial charge in [0.1, 0.15) is 5.82 Å². The summed E-state index contributed by atoms with van der Waals surface area (Å²) >= 11 is 0. The van der Waals surface area contributed by atoms with Gasteiger partial charge in [0.25, 0.3) is 0 Å². The molecule has 1 aliphatic carbocycles. The van der Waals surface area contributed by atoms with Gasteiger partial charge in [0, 0.05) is 18.8 Å². The number of hydrogen-bond donors (Lipinski definition) is 1. The molecule has 0 unspecified atom stereocenters. The highest BCUT2D eigenvalue weighted by Gasteiger charge is 2.25. The number of ether oxygens (including phenoxy) is 1. The smallest absolute Gasteiger partial charge is 0.129 e. The number of hydrogen-bond acceptors (Lipinski definition) is 3. The Labute approximate surface area is 115 Å². The molecule has 1 aliphatic heterocycles. The normalized spacial score (nSPS) is 25.3. The predicted molar refractivity (Wildman–Crippen MR) is 77.5 cm³/mol. The van der Waals surface area contributed by atoms with Crippen molar-refractivity contribution in [3.63, 3.8) is 0 Å². The molecule has 0 aromatic carbocycles. The molecule has 0 radical (unpaired) electrons. The first-order chi connectivity index (χ1) is 9.31. The lowest BCUT2D eigenvalue weighted by molar-refractivity contribution is -0.0260. The lowest BCUT2D eigenvalue weighted by Crippen LogP contribution is -2.29. The van der Waals surface area contributed by atoms with Crippen LogP contribution in [0.15, 0.2) is 12.1 Å². The summed E-state index contributed by atoms with van der Waals surface area (Å²) in [6, 6.07) is 4.41. The average molecular weight is 260 g/mol. The molecule has 0 spiro atoms. The van der Waals surface area contributed by atoms with Crippen LogP contribution in [0.2, 0.25) is 0 Å². The Balaban J connectivity index is 1.42. The second-order valence-electron chi connectivity index (χ2n) is 6.01. The fourth-order valence-corrected chi connectivity index (χ4v) is 2.98. The van der Waals surface area contributed by atoms with Crippen molar-refractivity contribution in [3.05, 3.63) is 23.4 Å². The minimum absolute atomic E-state index is 0.535. The summed E-state index contributed by atoms with van der Waals surface area (Å²) in [5.74, 6) is 1.98. The van der Waals surface area contributed by atoms with Gasteiger partial charge >= 0.3 is 0 Å². The Bertz CT molecular complexity index is 427. The molecular formula is C16H24N2O. The van der Waals surface area contributed by atoms with Gasteiger partial charge in [-0.1, -0.05) is 13.0 Å². The van der Waals surface area contributed by atoms with Crippen molar-refractivity contribution >= 4 is 5.82 Å². The van der Waals surface area contributed by atoms with Crippen LogP contribution in [0, 0.1) is 5.92 Å². The van der Waals surface area contributed by atoms with E-state index in [1.165, 1.54) is 36.9 Å². The van der Waals surface area contributed by atoms with Crippen molar-refractivity contribution in [3.8, 4) is 0 Å². The lowest BCUT2D eigenvalue weighted by atomic mass is 9.84. The first-order valence-electron chi connectivity index (χ1n) is 7.65. The Morgan fingerprint density at radius 1 is 1.37 bits per heavy atom. The van der Waals surface area contributed by atoms with E-state index in [0.717, 1.165) is 37.7 Å². The van der Waals surface area contributed by atoms with E-state index < -0.39 is 0 Å². The van der Waals surface area contributed by atoms with Gasteiger partial charge in [0.05, 0.1) is 6.10 Å². The van der Waals surface area contributed by atoms with Crippen LogP contribution < -0.4 is 5.32 Å². The van der Waals surface area contributed by atoms with E-state index in [9.17, 15) is 0 Å². The van der Waals surface area contributed by atoms with Crippen molar-refractivity contribution in [1.29, 1.82) is 0 Å². The van der Waals surface area contributed by atoms with E-state index >= 15 is 0 Å². The topological polar surface area (TPSA) is 34.1 Å². The van der Waals surface area contributed by atoms with Gasteiger partial charge < -0.3 is 10.1 Å². The number of nitrogens with zero attached hydrogens (tertiary/aromatic N) is 1. The monoisotopic (exact) mass is 260 g/mol. The molecule has 1 saturated carbocycles. The molecule has 0 atom stereocenters. The van der Waals surface area contributed by atoms with E-state index in [-0.39, 0.29) is 0 Å². The van der Waals surface area contributed by atoms with Gasteiger partial charge in [0.15, 0.2) is 0 Å². The summed E-state index contributed by atoms with van der Waals surface area (Å²) < 4.78 is 5.84. The molecule has 0 saturated heterocycles. The molecule has 2 heterocycles. The summed E-state index contributed by atoms with van der Waals surface area (Å²) in [5.41, 5.74) is 2.56. The third-order valence-corrected chi connectivity index (χ3v) is 4.21. The van der Waals surface area contributed by atoms with Gasteiger partial charge in [-0.3, -0.25) is 0 Å². The maximum Gasteiger partial charge on any atom is 0.129 e. The Morgan fingerprint density at radius 3 is 3.11 bits per heavy atom. The highest BCUT2D eigenvalue weighted by atomic mass is 16.5. The van der Waals surface area contributed by atoms with Gasteiger partial charge in [-0.25, -0.2) is 4.98 Å². The summed E-state index contributed by atoms with van der Waals surface area (Å²) in [6.45, 7) is 4.24. The molecule has 0 amide bonds. The first kappa shape index (κ1) is 12.9. The molecule has 104 valence electrons. The molecule has 1 aromatic rings. The van der Waals surface area contributed by atoms with Gasteiger partial charge in [-0.05, 0) is 56.1 Å². The molecule has 1 fully saturated rings. The number of anilines is 1. The quantitative estimate of drug-likeness (QED) is 0.826. The van der Waals surface area contributed by atoms with Crippen LogP contribution in [0.25, 0.3) is 0 Å². The van der Waals surface area contributed by atoms with Crippen molar-refractivity contribution in [1.82, 2.24) is 4.98 Å². The van der Waals surface area contributed by atoms with Crippen molar-refractivity contribution in [2.24, 2.45) is 5.92 Å². The summed E-state index contributed by atoms with van der Waals surface area (Å²) in [6.07, 6.45) is 7.53. The Morgan fingerprint density at radius 2 is 2.26 bits per heavy atom. The summed E-state index contributed by atoms with van der Waals surface area (Å²) in [5, 5.41) is 3.39. The van der Waals surface area contributed by atoms with E-state index in [2.05, 4.69) is 24.4 Å². The molecular weight excluding hydrogens is 236 g/mol. The highest BCUT2D eigenvalue weighted by molar-refractivity contribution is 5.46. The van der Waals surface area contributed by atoms with Crippen molar-refractivity contribution < 1.29 is 4.74 Å². The standard InChI is InChI=1S/C16H24N2O/c1-12-10-15(11-12)19-9-3-5-14-7-6-13-4-2-8-17-16(13)18-14/h6-7,12,15H,2-5,8-11H2,1H3,(H,17,18). The molecule has 1 aromatic heterocycles. The highest BCUT2D eigenvalue weighted by Crippen LogP contribution is 2.29. The van der Waals surface area contributed by atoms with Crippen LogP contribution in [0.3, 0.4) is 0 Å². The predicted octanol–water partition coefficient (Wildman–Crippen LogP) is 3.19. The summed E-state index contributed by atoms with van der Waals surface area (Å²) in [7, 11) is 0. The lowest BCUT2D eigenvalue weighted by Gasteiger charge is -2.32. The molecule has 3 rings (SSSR count). The van der Waals surface area contributed by atoms with Gasteiger partial charge in [-0.15, -0.1) is 0 Å². The first-order valence-corrected chi connectivity index (χ1v) is 7.65. The third-order valence-electron chi connectivity index (χ3n) is 4.21. The SMILES string of the molecule is CC1CC(OCCCc2ccc3c(n2)NCCC3)C1. The number of aromatic nitrogens is 1. The zero-order chi connectivity index (χ0) is 13.1. The van der Waals surface area contributed by atoms with Crippen LogP contribution >= 0.6 is 0 Å². The average Bonchev–Trinajstić information content (AvgIpc) is 2.41. The fraction of sp³-hybridized carbons (Fsp3) is 0.688. The maximum absolute atomic E-state index is 5.84. The number of pyridine rings is 1. The van der Waals surface area contributed by atoms with Crippen molar-refractivity contribution in [2.45, 2.75) is 51.6 Å². The number of rotatable bonds is 5. The molecule has 1 N–H and O–H groups in total. The number of nitrogens with one attached hydrogen (secondary N) is 1. The Hall–Kier alpha value is -1.09. The van der Waals surface area contributed by atoms with Crippen LogP contribution in [0.4, 0.5) is 5.82 Å². The van der Waals surface area contributed by atoms with Crippen LogP contribution in [0.5, 0.6) is 0 Å². The summed E-state index contributed by atoms with van der Waals surface area (Å²) in [4.78, 5) is 4.71. The number of aryl methyl sites for hydroxylation is 2. The second kappa shape index (κ2) is 5.91. The maximum atomic E-state index is 5.84. The molecule has 0 bridgehead atoms. The largest absolute Gasteiger partial charge is 0.378 e. The minimum atomic E-state index is 0.535. The second-order valence-corrected chi connectivity index (χ2v) is 6.01.